The van der Waals surface area contributed by atoms with Gasteiger partial charge in [-0.25, -0.2) is 0 Å². The summed E-state index contributed by atoms with van der Waals surface area (Å²) in [6.07, 6.45) is 2.51. The van der Waals surface area contributed by atoms with Gasteiger partial charge >= 0.3 is 286 Å². The van der Waals surface area contributed by atoms with Crippen LogP contribution in [0.3, 0.4) is 0 Å². The normalized spacial score (nSPS) is 15.7. The van der Waals surface area contributed by atoms with Crippen molar-refractivity contribution in [3.63, 3.8) is 0 Å². The van der Waals surface area contributed by atoms with E-state index in [2.05, 4.69) is 177 Å². The van der Waals surface area contributed by atoms with Crippen LogP contribution in [0.4, 0.5) is 0 Å². The van der Waals surface area contributed by atoms with E-state index in [-0.39, 0.29) is 10.8 Å². The Morgan fingerprint density at radius 1 is 0.522 bits per heavy atom. The molecule has 5 aromatic rings. The van der Waals surface area contributed by atoms with Crippen molar-refractivity contribution >= 4 is 9.28 Å². The van der Waals surface area contributed by atoms with Gasteiger partial charge in [-0.05, 0) is 0 Å². The van der Waals surface area contributed by atoms with Crippen molar-refractivity contribution < 1.29 is 21.3 Å². The van der Waals surface area contributed by atoms with E-state index < -0.39 is 21.3 Å². The minimum atomic E-state index is -2.89. The summed E-state index contributed by atoms with van der Waals surface area (Å²) in [4.78, 5) is 0. The molecule has 46 heavy (non-hydrogen) atoms. The van der Waals surface area contributed by atoms with Crippen LogP contribution in [0, 0.1) is 6.92 Å². The predicted octanol–water partition coefficient (Wildman–Crippen LogP) is 11.7. The summed E-state index contributed by atoms with van der Waals surface area (Å²) in [5.74, 6) is 0. The number of hydrogen-bond acceptors (Lipinski definition) is 0. The number of rotatable bonds is 4. The first-order chi connectivity index (χ1) is 21.9. The molecule has 0 spiro atoms. The molecule has 0 saturated heterocycles. The van der Waals surface area contributed by atoms with Crippen LogP contribution in [0.5, 0.6) is 0 Å². The maximum absolute atomic E-state index is 2.89. The Morgan fingerprint density at radius 3 is 1.50 bits per heavy atom. The molecule has 0 saturated carbocycles. The van der Waals surface area contributed by atoms with Gasteiger partial charge in [-0.3, -0.25) is 0 Å². The molecule has 0 aromatic heterocycles. The molecule has 0 N–H and O–H groups in total. The van der Waals surface area contributed by atoms with Gasteiger partial charge in [-0.2, -0.15) is 0 Å². The zero-order valence-electron chi connectivity index (χ0n) is 28.7. The molecule has 2 aliphatic carbocycles. The molecule has 0 amide bonds. The molecular formula is C45H46Zr. The Hall–Kier alpha value is -3.41. The SMILES string of the molecule is CC1=Cc2cc(C)ccc2[CH]1[Zr](=[C](c1ccccc1)c1ccccc1)[CH]1c2cc(C(C)(C)C)ccc2-c2ccc(C(C)(C)C)cc21. The summed E-state index contributed by atoms with van der Waals surface area (Å²) >= 11 is -2.89. The van der Waals surface area contributed by atoms with E-state index in [0.29, 0.717) is 7.25 Å². The molecule has 0 nitrogen and oxygen atoms in total. The summed E-state index contributed by atoms with van der Waals surface area (Å²) < 4.78 is 2.45. The third-order valence-electron chi connectivity index (χ3n) is 10.2. The van der Waals surface area contributed by atoms with E-state index in [1.54, 1.807) is 14.3 Å². The Bertz CT molecular complexity index is 1910. The van der Waals surface area contributed by atoms with Gasteiger partial charge in [0.1, 0.15) is 0 Å². The Kier molecular flexibility index (Phi) is 7.93. The molecule has 1 unspecified atom stereocenters. The Morgan fingerprint density at radius 2 is 1.02 bits per heavy atom. The standard InChI is InChI=1S/C21H25.C13H10.C11H11.Zr/c1-20(2,3)16-7-9-18-14(12-16)11-15-13-17(21(4,5)6)8-10-19(15)18;1-3-7-12(8-4-1)11-13-9-5-2-6-10-13;1-8-3-4-10-6-9(2)7-11(10)5-8;/h7-13H,1-6H3;1-10H;3-7H,1-2H3;. The molecule has 2 aliphatic rings. The number of aryl methyl sites for hydroxylation is 1. The zero-order chi connectivity index (χ0) is 32.4. The second-order valence-corrected chi connectivity index (χ2v) is 21.9. The second kappa shape index (κ2) is 11.7. The van der Waals surface area contributed by atoms with Gasteiger partial charge in [0.2, 0.25) is 0 Å². The van der Waals surface area contributed by atoms with Crippen molar-refractivity contribution in [2.75, 3.05) is 0 Å². The first kappa shape index (κ1) is 31.2. The van der Waals surface area contributed by atoms with Gasteiger partial charge < -0.3 is 0 Å². The van der Waals surface area contributed by atoms with E-state index in [4.69, 9.17) is 0 Å². The third-order valence-corrected chi connectivity index (χ3v) is 19.5. The van der Waals surface area contributed by atoms with Gasteiger partial charge in [0.15, 0.2) is 0 Å². The average Bonchev–Trinajstić information content (AvgIpc) is 3.52. The van der Waals surface area contributed by atoms with E-state index >= 15 is 0 Å². The number of allylic oxidation sites excluding steroid dienone is 1. The molecule has 0 bridgehead atoms. The monoisotopic (exact) mass is 676 g/mol. The van der Waals surface area contributed by atoms with Crippen LogP contribution in [0.1, 0.15) is 106 Å². The summed E-state index contributed by atoms with van der Waals surface area (Å²) in [5, 5.41) is 0. The van der Waals surface area contributed by atoms with Gasteiger partial charge in [-0.1, -0.05) is 0 Å². The minimum absolute atomic E-state index is 0.0765. The number of benzene rings is 5. The van der Waals surface area contributed by atoms with Crippen LogP contribution in [-0.4, -0.2) is 3.21 Å². The topological polar surface area (TPSA) is 0 Å². The average molecular weight is 678 g/mol. The van der Waals surface area contributed by atoms with Crippen molar-refractivity contribution in [3.05, 3.63) is 171 Å². The van der Waals surface area contributed by atoms with Gasteiger partial charge in [-0.15, -0.1) is 0 Å². The molecule has 0 aliphatic heterocycles. The van der Waals surface area contributed by atoms with E-state index in [9.17, 15) is 0 Å². The molecule has 1 heteroatoms. The third kappa shape index (κ3) is 5.50. The fraction of sp³-hybridized carbons (Fsp3) is 0.267. The molecule has 0 fully saturated rings. The van der Waals surface area contributed by atoms with Crippen LogP contribution in [0.25, 0.3) is 17.2 Å². The summed E-state index contributed by atoms with van der Waals surface area (Å²) in [5.41, 5.74) is 17.6. The van der Waals surface area contributed by atoms with E-state index in [1.807, 2.05) is 0 Å². The van der Waals surface area contributed by atoms with Crippen LogP contribution in [0.15, 0.2) is 121 Å². The maximum atomic E-state index is 2.61. The molecule has 0 radical (unpaired) electrons. The Labute approximate surface area is 284 Å². The fourth-order valence-electron chi connectivity index (χ4n) is 7.76. The van der Waals surface area contributed by atoms with Crippen LogP contribution in [-0.2, 0) is 32.1 Å². The molecular weight excluding hydrogens is 632 g/mol. The van der Waals surface area contributed by atoms with Crippen molar-refractivity contribution in [2.24, 2.45) is 0 Å². The number of fused-ring (bicyclic) bond motifs is 4. The summed E-state index contributed by atoms with van der Waals surface area (Å²) in [7, 11) is 0. The van der Waals surface area contributed by atoms with Crippen molar-refractivity contribution in [3.8, 4) is 11.1 Å². The van der Waals surface area contributed by atoms with Crippen molar-refractivity contribution in [1.29, 1.82) is 0 Å². The number of hydrogen-bond donors (Lipinski definition) is 0. The van der Waals surface area contributed by atoms with Gasteiger partial charge in [0.05, 0.1) is 0 Å². The van der Waals surface area contributed by atoms with Crippen molar-refractivity contribution in [1.82, 2.24) is 0 Å². The quantitative estimate of drug-likeness (QED) is 0.178. The summed E-state index contributed by atoms with van der Waals surface area (Å²) in [6, 6.07) is 44.9. The molecule has 7 rings (SSSR count). The molecule has 0 heterocycles. The first-order valence-electron chi connectivity index (χ1n) is 16.8. The predicted molar refractivity (Wildman–Crippen MR) is 195 cm³/mol. The van der Waals surface area contributed by atoms with E-state index in [0.717, 1.165) is 0 Å². The second-order valence-electron chi connectivity index (χ2n) is 15.6. The Balaban J connectivity index is 1.65. The molecule has 230 valence electrons. The first-order valence-corrected chi connectivity index (χ1v) is 20.9. The van der Waals surface area contributed by atoms with Crippen LogP contribution >= 0.6 is 0 Å². The van der Waals surface area contributed by atoms with Crippen LogP contribution in [0.2, 0.25) is 0 Å². The van der Waals surface area contributed by atoms with Crippen molar-refractivity contribution in [2.45, 2.75) is 73.5 Å². The van der Waals surface area contributed by atoms with Crippen LogP contribution < -0.4 is 0 Å². The fourth-order valence-corrected chi connectivity index (χ4v) is 18.2. The van der Waals surface area contributed by atoms with Gasteiger partial charge in [0.25, 0.3) is 0 Å². The zero-order valence-corrected chi connectivity index (χ0v) is 31.2. The molecule has 1 atom stereocenters. The molecule has 5 aromatic carbocycles. The van der Waals surface area contributed by atoms with Gasteiger partial charge in [0, 0.05) is 0 Å². The van der Waals surface area contributed by atoms with E-state index in [1.165, 1.54) is 55.6 Å². The summed E-state index contributed by atoms with van der Waals surface area (Å²) in [6.45, 7) is 18.8.